The first kappa shape index (κ1) is 14.7. The molecule has 0 unspecified atom stereocenters. The van der Waals surface area contributed by atoms with Crippen LogP contribution in [0.25, 0.3) is 0 Å². The predicted molar refractivity (Wildman–Crippen MR) is 82.1 cm³/mol. The summed E-state index contributed by atoms with van der Waals surface area (Å²) < 4.78 is 5.41. The molecule has 0 saturated carbocycles. The van der Waals surface area contributed by atoms with E-state index >= 15 is 0 Å². The fourth-order valence-electron chi connectivity index (χ4n) is 2.42. The Morgan fingerprint density at radius 3 is 2.45 bits per heavy atom. The third kappa shape index (κ3) is 3.65. The standard InChI is InChI=1S/C16H24N2O2/c1-16(2,3)20-15(19)12-7-8-13(17)14(11-12)18-9-5-4-6-10-18/h7-8,11H,4-6,9-10,17H2,1-3H3. The first-order valence-electron chi connectivity index (χ1n) is 7.25. The van der Waals surface area contributed by atoms with Gasteiger partial charge in [-0.2, -0.15) is 0 Å². The van der Waals surface area contributed by atoms with Gasteiger partial charge in [0, 0.05) is 13.1 Å². The molecular formula is C16H24N2O2. The second kappa shape index (κ2) is 5.73. The van der Waals surface area contributed by atoms with E-state index < -0.39 is 5.60 Å². The van der Waals surface area contributed by atoms with Crippen molar-refractivity contribution < 1.29 is 9.53 Å². The molecule has 0 radical (unpaired) electrons. The Kier molecular flexibility index (Phi) is 4.21. The van der Waals surface area contributed by atoms with Crippen molar-refractivity contribution in [3.63, 3.8) is 0 Å². The highest BCUT2D eigenvalue weighted by Crippen LogP contribution is 2.28. The van der Waals surface area contributed by atoms with Crippen LogP contribution in [0.2, 0.25) is 0 Å². The molecule has 0 aliphatic carbocycles. The first-order chi connectivity index (χ1) is 9.37. The number of anilines is 2. The summed E-state index contributed by atoms with van der Waals surface area (Å²) in [7, 11) is 0. The number of carbonyl (C=O) groups is 1. The van der Waals surface area contributed by atoms with Gasteiger partial charge in [-0.15, -0.1) is 0 Å². The van der Waals surface area contributed by atoms with Gasteiger partial charge in [-0.25, -0.2) is 4.79 Å². The molecule has 1 aromatic rings. The molecule has 1 heterocycles. The summed E-state index contributed by atoms with van der Waals surface area (Å²) in [6.07, 6.45) is 3.62. The highest BCUT2D eigenvalue weighted by Gasteiger charge is 2.20. The van der Waals surface area contributed by atoms with Gasteiger partial charge < -0.3 is 15.4 Å². The molecule has 110 valence electrons. The van der Waals surface area contributed by atoms with Crippen LogP contribution in [0.15, 0.2) is 18.2 Å². The van der Waals surface area contributed by atoms with Gasteiger partial charge in [0.25, 0.3) is 0 Å². The minimum absolute atomic E-state index is 0.296. The summed E-state index contributed by atoms with van der Waals surface area (Å²) in [4.78, 5) is 14.4. The lowest BCUT2D eigenvalue weighted by Crippen LogP contribution is -2.30. The van der Waals surface area contributed by atoms with Crippen LogP contribution in [0, 0.1) is 0 Å². The van der Waals surface area contributed by atoms with Crippen molar-refractivity contribution in [2.24, 2.45) is 0 Å². The summed E-state index contributed by atoms with van der Waals surface area (Å²) >= 11 is 0. The van der Waals surface area contributed by atoms with E-state index in [1.54, 1.807) is 12.1 Å². The number of benzene rings is 1. The number of piperidine rings is 1. The zero-order valence-corrected chi connectivity index (χ0v) is 12.6. The second-order valence-electron chi connectivity index (χ2n) is 6.32. The summed E-state index contributed by atoms with van der Waals surface area (Å²) in [5.41, 5.74) is 7.81. The van der Waals surface area contributed by atoms with Crippen molar-refractivity contribution in [2.75, 3.05) is 23.7 Å². The summed E-state index contributed by atoms with van der Waals surface area (Å²) in [5.74, 6) is -0.296. The lowest BCUT2D eigenvalue weighted by Gasteiger charge is -2.30. The van der Waals surface area contributed by atoms with Crippen LogP contribution < -0.4 is 10.6 Å². The van der Waals surface area contributed by atoms with Crippen LogP contribution in [-0.2, 0) is 4.74 Å². The van der Waals surface area contributed by atoms with Crippen LogP contribution in [0.3, 0.4) is 0 Å². The highest BCUT2D eigenvalue weighted by molar-refractivity contribution is 5.92. The fourth-order valence-corrected chi connectivity index (χ4v) is 2.42. The van der Waals surface area contributed by atoms with Crippen LogP contribution in [0.4, 0.5) is 11.4 Å². The van der Waals surface area contributed by atoms with Gasteiger partial charge in [-0.3, -0.25) is 0 Å². The van der Waals surface area contributed by atoms with E-state index in [1.165, 1.54) is 19.3 Å². The number of nitrogens with zero attached hydrogens (tertiary/aromatic N) is 1. The fraction of sp³-hybridized carbons (Fsp3) is 0.562. The Balaban J connectivity index is 2.21. The number of nitrogens with two attached hydrogens (primary N) is 1. The van der Waals surface area contributed by atoms with E-state index in [1.807, 2.05) is 26.8 Å². The van der Waals surface area contributed by atoms with E-state index in [9.17, 15) is 4.79 Å². The average Bonchev–Trinajstić information content (AvgIpc) is 2.38. The molecule has 2 rings (SSSR count). The molecule has 1 fully saturated rings. The Bertz CT molecular complexity index is 486. The Morgan fingerprint density at radius 1 is 1.20 bits per heavy atom. The SMILES string of the molecule is CC(C)(C)OC(=O)c1ccc(N)c(N2CCCCC2)c1. The summed E-state index contributed by atoms with van der Waals surface area (Å²) in [6, 6.07) is 5.38. The second-order valence-corrected chi connectivity index (χ2v) is 6.32. The molecule has 0 atom stereocenters. The first-order valence-corrected chi connectivity index (χ1v) is 7.25. The number of hydrogen-bond donors (Lipinski definition) is 1. The number of esters is 1. The molecule has 0 bridgehead atoms. The van der Waals surface area contributed by atoms with Crippen LogP contribution >= 0.6 is 0 Å². The predicted octanol–water partition coefficient (Wildman–Crippen LogP) is 3.21. The van der Waals surface area contributed by atoms with Crippen LogP contribution in [0.5, 0.6) is 0 Å². The van der Waals surface area contributed by atoms with Gasteiger partial charge in [0.1, 0.15) is 5.60 Å². The van der Waals surface area contributed by atoms with Crippen molar-refractivity contribution in [1.82, 2.24) is 0 Å². The minimum atomic E-state index is -0.482. The maximum Gasteiger partial charge on any atom is 0.338 e. The Morgan fingerprint density at radius 2 is 1.85 bits per heavy atom. The van der Waals surface area contributed by atoms with Gasteiger partial charge in [0.05, 0.1) is 16.9 Å². The Hall–Kier alpha value is -1.71. The quantitative estimate of drug-likeness (QED) is 0.665. The molecular weight excluding hydrogens is 252 g/mol. The van der Waals surface area contributed by atoms with E-state index in [2.05, 4.69) is 4.90 Å². The van der Waals surface area contributed by atoms with E-state index in [0.717, 1.165) is 24.5 Å². The zero-order valence-electron chi connectivity index (χ0n) is 12.6. The van der Waals surface area contributed by atoms with E-state index in [4.69, 9.17) is 10.5 Å². The molecule has 2 N–H and O–H groups in total. The molecule has 1 aromatic carbocycles. The molecule has 4 nitrogen and oxygen atoms in total. The normalized spacial score (nSPS) is 16.1. The molecule has 20 heavy (non-hydrogen) atoms. The van der Waals surface area contributed by atoms with Gasteiger partial charge >= 0.3 is 5.97 Å². The highest BCUT2D eigenvalue weighted by atomic mass is 16.6. The maximum absolute atomic E-state index is 12.1. The topological polar surface area (TPSA) is 55.6 Å². The van der Waals surface area contributed by atoms with Crippen molar-refractivity contribution in [1.29, 1.82) is 0 Å². The largest absolute Gasteiger partial charge is 0.456 e. The summed E-state index contributed by atoms with van der Waals surface area (Å²) in [5, 5.41) is 0. The third-order valence-corrected chi connectivity index (χ3v) is 3.36. The lowest BCUT2D eigenvalue weighted by atomic mass is 10.1. The number of nitrogen functional groups attached to an aromatic ring is 1. The summed E-state index contributed by atoms with van der Waals surface area (Å²) in [6.45, 7) is 7.61. The van der Waals surface area contributed by atoms with Crippen LogP contribution in [0.1, 0.15) is 50.4 Å². The van der Waals surface area contributed by atoms with Gasteiger partial charge in [0.2, 0.25) is 0 Å². The number of ether oxygens (including phenoxy) is 1. The molecule has 0 aromatic heterocycles. The molecule has 0 amide bonds. The molecule has 4 heteroatoms. The van der Waals surface area contributed by atoms with Gasteiger partial charge in [-0.05, 0) is 58.2 Å². The molecule has 1 saturated heterocycles. The van der Waals surface area contributed by atoms with E-state index in [0.29, 0.717) is 5.56 Å². The van der Waals surface area contributed by atoms with E-state index in [-0.39, 0.29) is 5.97 Å². The average molecular weight is 276 g/mol. The third-order valence-electron chi connectivity index (χ3n) is 3.36. The zero-order chi connectivity index (χ0) is 14.8. The number of rotatable bonds is 2. The van der Waals surface area contributed by atoms with Crippen molar-refractivity contribution in [3.8, 4) is 0 Å². The minimum Gasteiger partial charge on any atom is -0.456 e. The van der Waals surface area contributed by atoms with Gasteiger partial charge in [-0.1, -0.05) is 0 Å². The maximum atomic E-state index is 12.1. The lowest BCUT2D eigenvalue weighted by molar-refractivity contribution is 0.00696. The monoisotopic (exact) mass is 276 g/mol. The molecule has 1 aliphatic heterocycles. The Labute approximate surface area is 120 Å². The number of carbonyl (C=O) groups excluding carboxylic acids is 1. The van der Waals surface area contributed by atoms with Crippen molar-refractivity contribution in [3.05, 3.63) is 23.8 Å². The van der Waals surface area contributed by atoms with Gasteiger partial charge in [0.15, 0.2) is 0 Å². The number of hydrogen-bond acceptors (Lipinski definition) is 4. The van der Waals surface area contributed by atoms with Crippen LogP contribution in [-0.4, -0.2) is 24.7 Å². The van der Waals surface area contributed by atoms with Crippen molar-refractivity contribution >= 4 is 17.3 Å². The molecule has 0 spiro atoms. The van der Waals surface area contributed by atoms with Crippen molar-refractivity contribution in [2.45, 2.75) is 45.6 Å². The molecule has 1 aliphatic rings. The smallest absolute Gasteiger partial charge is 0.338 e.